The smallest absolute Gasteiger partial charge is 0.326 e. The van der Waals surface area contributed by atoms with Crippen LogP contribution in [0.1, 0.15) is 71.1 Å². The number of carbonyl (C=O) groups is 2. The topological polar surface area (TPSA) is 141 Å². The number of unbranched alkanes of at least 4 members (excludes halogenated alkanes) is 9. The van der Waals surface area contributed by atoms with Crippen molar-refractivity contribution in [1.82, 2.24) is 5.32 Å². The predicted molar refractivity (Wildman–Crippen MR) is 94.2 cm³/mol. The van der Waals surface area contributed by atoms with Crippen LogP contribution in [0.25, 0.3) is 0 Å². The van der Waals surface area contributed by atoms with Crippen molar-refractivity contribution in [3.05, 3.63) is 0 Å². The van der Waals surface area contributed by atoms with Crippen LogP contribution in [0.3, 0.4) is 0 Å². The lowest BCUT2D eigenvalue weighted by atomic mass is 10.1. The van der Waals surface area contributed by atoms with Crippen molar-refractivity contribution in [3.8, 4) is 0 Å². The Balaban J connectivity index is 4.03. The third-order valence-electron chi connectivity index (χ3n) is 4.03. The molecule has 0 fully saturated rings. The Hall–Kier alpha value is -1.19. The van der Waals surface area contributed by atoms with Gasteiger partial charge in [-0.1, -0.05) is 64.7 Å². The number of hydrogen-bond donors (Lipinski definition) is 4. The molecular weight excluding hydrogens is 350 g/mol. The third-order valence-corrected chi connectivity index (χ3v) is 5.14. The Kier molecular flexibility index (Phi) is 12.5. The van der Waals surface area contributed by atoms with E-state index in [2.05, 4.69) is 12.2 Å². The van der Waals surface area contributed by atoms with E-state index < -0.39 is 33.3 Å². The molecule has 8 nitrogen and oxygen atoms in total. The molecule has 2 atom stereocenters. The van der Waals surface area contributed by atoms with Crippen LogP contribution in [-0.2, 0) is 19.7 Å². The minimum atomic E-state index is -5.02. The molecular formula is C16H31NO7S. The van der Waals surface area contributed by atoms with Gasteiger partial charge in [-0.25, -0.2) is 0 Å². The van der Waals surface area contributed by atoms with Crippen LogP contribution in [0.15, 0.2) is 0 Å². The lowest BCUT2D eigenvalue weighted by Crippen LogP contribution is -2.53. The normalized spacial score (nSPS) is 14.2. The van der Waals surface area contributed by atoms with E-state index >= 15 is 0 Å². The van der Waals surface area contributed by atoms with Gasteiger partial charge in [-0.2, -0.15) is 8.42 Å². The molecule has 0 aromatic rings. The van der Waals surface area contributed by atoms with E-state index in [0.717, 1.165) is 19.3 Å². The van der Waals surface area contributed by atoms with Crippen molar-refractivity contribution in [2.75, 3.05) is 6.54 Å². The molecule has 148 valence electrons. The van der Waals surface area contributed by atoms with Crippen LogP contribution in [0, 0.1) is 0 Å². The van der Waals surface area contributed by atoms with Gasteiger partial charge in [0.15, 0.2) is 0 Å². The first kappa shape index (κ1) is 23.8. The Morgan fingerprint density at radius 3 is 1.64 bits per heavy atom. The maximum atomic E-state index is 11.1. The average Bonchev–Trinajstić information content (AvgIpc) is 2.49. The summed E-state index contributed by atoms with van der Waals surface area (Å²) < 4.78 is 31.1. The minimum Gasteiger partial charge on any atom is -0.480 e. The maximum Gasteiger partial charge on any atom is 0.326 e. The van der Waals surface area contributed by atoms with Crippen LogP contribution < -0.4 is 5.32 Å². The van der Waals surface area contributed by atoms with E-state index in [4.69, 9.17) is 14.8 Å². The summed E-state index contributed by atoms with van der Waals surface area (Å²) in [5.74, 6) is -3.53. The van der Waals surface area contributed by atoms with Gasteiger partial charge < -0.3 is 15.5 Å². The summed E-state index contributed by atoms with van der Waals surface area (Å²) in [6.45, 7) is 2.35. The number of carboxylic acid groups (broad SMARTS) is 2. The van der Waals surface area contributed by atoms with Crippen molar-refractivity contribution in [1.29, 1.82) is 0 Å². The lowest BCUT2D eigenvalue weighted by molar-refractivity contribution is -0.145. The fourth-order valence-electron chi connectivity index (χ4n) is 2.64. The molecule has 0 saturated heterocycles. The molecule has 2 unspecified atom stereocenters. The van der Waals surface area contributed by atoms with Gasteiger partial charge in [0.05, 0.1) is 0 Å². The van der Waals surface area contributed by atoms with E-state index in [1.54, 1.807) is 0 Å². The maximum absolute atomic E-state index is 11.1. The van der Waals surface area contributed by atoms with E-state index in [9.17, 15) is 18.0 Å². The highest BCUT2D eigenvalue weighted by atomic mass is 32.2. The standard InChI is InChI=1S/C16H31NO7S/c1-2-3-4-5-6-7-8-9-10-11-12-17-13(15(18)19)14(16(20)21)25(22,23)24/h13-14,17H,2-12H2,1H3,(H,18,19)(H,20,21)(H,22,23,24). The molecule has 0 amide bonds. The quantitative estimate of drug-likeness (QED) is 0.236. The van der Waals surface area contributed by atoms with Crippen LogP contribution in [0.4, 0.5) is 0 Å². The van der Waals surface area contributed by atoms with Gasteiger partial charge in [0.2, 0.25) is 5.25 Å². The number of nitrogens with one attached hydrogen (secondary N) is 1. The molecule has 0 aromatic heterocycles. The number of rotatable bonds is 16. The highest BCUT2D eigenvalue weighted by Gasteiger charge is 2.42. The molecule has 0 aliphatic heterocycles. The average molecular weight is 381 g/mol. The van der Waals surface area contributed by atoms with Gasteiger partial charge in [-0.05, 0) is 13.0 Å². The van der Waals surface area contributed by atoms with Crippen LogP contribution in [0.5, 0.6) is 0 Å². The summed E-state index contributed by atoms with van der Waals surface area (Å²) in [6, 6.07) is -1.88. The summed E-state index contributed by atoms with van der Waals surface area (Å²) in [5, 5.41) is 17.9. The Morgan fingerprint density at radius 1 is 0.840 bits per heavy atom. The van der Waals surface area contributed by atoms with Crippen LogP contribution >= 0.6 is 0 Å². The first-order valence-electron chi connectivity index (χ1n) is 8.87. The first-order valence-corrected chi connectivity index (χ1v) is 10.4. The van der Waals surface area contributed by atoms with Crippen molar-refractivity contribution < 1.29 is 32.8 Å². The molecule has 0 saturated carbocycles. The fourth-order valence-corrected chi connectivity index (χ4v) is 3.45. The molecule has 9 heteroatoms. The largest absolute Gasteiger partial charge is 0.480 e. The van der Waals surface area contributed by atoms with E-state index in [0.29, 0.717) is 6.42 Å². The molecule has 0 radical (unpaired) electrons. The van der Waals surface area contributed by atoms with Gasteiger partial charge in [0, 0.05) is 0 Å². The second-order valence-electron chi connectivity index (χ2n) is 6.23. The number of carboxylic acids is 2. The second kappa shape index (κ2) is 13.1. The van der Waals surface area contributed by atoms with E-state index in [-0.39, 0.29) is 6.54 Å². The van der Waals surface area contributed by atoms with Crippen LogP contribution in [0.2, 0.25) is 0 Å². The molecule has 4 N–H and O–H groups in total. The zero-order valence-corrected chi connectivity index (χ0v) is 15.6. The molecule has 0 spiro atoms. The predicted octanol–water partition coefficient (Wildman–Crippen LogP) is 2.29. The van der Waals surface area contributed by atoms with Crippen molar-refractivity contribution in [3.63, 3.8) is 0 Å². The summed E-state index contributed by atoms with van der Waals surface area (Å²) in [7, 11) is -5.02. The number of aliphatic carboxylic acids is 2. The Morgan fingerprint density at radius 2 is 1.28 bits per heavy atom. The monoisotopic (exact) mass is 381 g/mol. The first-order chi connectivity index (χ1) is 11.7. The van der Waals surface area contributed by atoms with Gasteiger partial charge in [0.1, 0.15) is 6.04 Å². The zero-order valence-electron chi connectivity index (χ0n) is 14.8. The molecule has 0 aromatic carbocycles. The van der Waals surface area contributed by atoms with Gasteiger partial charge >= 0.3 is 11.9 Å². The highest BCUT2D eigenvalue weighted by molar-refractivity contribution is 7.87. The molecule has 0 heterocycles. The molecule has 25 heavy (non-hydrogen) atoms. The summed E-state index contributed by atoms with van der Waals surface area (Å²) in [5.41, 5.74) is 0. The number of hydrogen-bond acceptors (Lipinski definition) is 5. The lowest BCUT2D eigenvalue weighted by Gasteiger charge is -2.19. The van der Waals surface area contributed by atoms with E-state index in [1.807, 2.05) is 0 Å². The molecule has 0 bridgehead atoms. The minimum absolute atomic E-state index is 0.173. The van der Waals surface area contributed by atoms with Gasteiger partial charge in [0.25, 0.3) is 10.1 Å². The van der Waals surface area contributed by atoms with Crippen molar-refractivity contribution in [2.24, 2.45) is 0 Å². The molecule has 0 aliphatic rings. The van der Waals surface area contributed by atoms with Crippen molar-refractivity contribution in [2.45, 2.75) is 82.4 Å². The third kappa shape index (κ3) is 11.1. The Bertz CT molecular complexity index is 493. The zero-order chi connectivity index (χ0) is 19.3. The molecule has 0 rings (SSSR count). The Labute approximate surface area is 149 Å². The van der Waals surface area contributed by atoms with E-state index in [1.165, 1.54) is 38.5 Å². The van der Waals surface area contributed by atoms with Crippen molar-refractivity contribution >= 4 is 22.1 Å². The highest BCUT2D eigenvalue weighted by Crippen LogP contribution is 2.11. The van der Waals surface area contributed by atoms with Gasteiger partial charge in [-0.3, -0.25) is 14.1 Å². The summed E-state index contributed by atoms with van der Waals surface area (Å²) in [4.78, 5) is 22.1. The SMILES string of the molecule is CCCCCCCCCCCCNC(C(=O)O)C(C(=O)O)S(=O)(=O)O. The molecule has 0 aliphatic carbocycles. The van der Waals surface area contributed by atoms with Gasteiger partial charge in [-0.15, -0.1) is 0 Å². The summed E-state index contributed by atoms with van der Waals surface area (Å²) >= 11 is 0. The van der Waals surface area contributed by atoms with Crippen LogP contribution in [-0.4, -0.2) is 53.0 Å². The fraction of sp³-hybridized carbons (Fsp3) is 0.875. The summed E-state index contributed by atoms with van der Waals surface area (Å²) in [6.07, 6.45) is 11.0. The second-order valence-corrected chi connectivity index (χ2v) is 7.76.